The second-order valence-corrected chi connectivity index (χ2v) is 4.96. The average molecular weight is 302 g/mol. The molecule has 5 nitrogen and oxygen atoms in total. The topological polar surface area (TPSA) is 87.0 Å². The molecule has 22 heavy (non-hydrogen) atoms. The maximum absolute atomic E-state index is 12.0. The normalized spacial score (nSPS) is 10.4. The molecular weight excluding hydrogens is 284 g/mol. The van der Waals surface area contributed by atoms with Gasteiger partial charge in [0.15, 0.2) is 6.61 Å². The standard InChI is InChI=1S/C17H18O5/c1-2-3-11-4-6-13(7-5-11)22-10-16(21)17-14(19)8-12(18)9-15(17)20/h4-9,18-20H,2-3,10H2,1H3. The van der Waals surface area contributed by atoms with E-state index >= 15 is 0 Å². The summed E-state index contributed by atoms with van der Waals surface area (Å²) in [6, 6.07) is 9.39. The van der Waals surface area contributed by atoms with Gasteiger partial charge in [0.1, 0.15) is 28.6 Å². The maximum Gasteiger partial charge on any atom is 0.207 e. The molecule has 0 saturated carbocycles. The molecule has 116 valence electrons. The first kappa shape index (κ1) is 15.7. The predicted octanol–water partition coefficient (Wildman–Crippen LogP) is 3.02. The lowest BCUT2D eigenvalue weighted by atomic mass is 10.1. The minimum Gasteiger partial charge on any atom is -0.508 e. The fourth-order valence-corrected chi connectivity index (χ4v) is 2.15. The second kappa shape index (κ2) is 6.85. The second-order valence-electron chi connectivity index (χ2n) is 4.96. The molecule has 0 fully saturated rings. The zero-order chi connectivity index (χ0) is 16.1. The largest absolute Gasteiger partial charge is 0.508 e. The van der Waals surface area contributed by atoms with E-state index in [1.165, 1.54) is 5.56 Å². The summed E-state index contributed by atoms with van der Waals surface area (Å²) in [5.74, 6) is -1.33. The Hall–Kier alpha value is -2.69. The molecule has 0 aliphatic heterocycles. The molecule has 0 aliphatic rings. The molecular formula is C17H18O5. The van der Waals surface area contributed by atoms with Crippen molar-refractivity contribution in [3.05, 3.63) is 47.5 Å². The van der Waals surface area contributed by atoms with Gasteiger partial charge in [-0.1, -0.05) is 25.5 Å². The third-order valence-electron chi connectivity index (χ3n) is 3.19. The van der Waals surface area contributed by atoms with Gasteiger partial charge in [-0.05, 0) is 24.1 Å². The highest BCUT2D eigenvalue weighted by molar-refractivity contribution is 6.02. The van der Waals surface area contributed by atoms with Gasteiger partial charge in [-0.3, -0.25) is 4.79 Å². The number of hydrogen-bond donors (Lipinski definition) is 3. The molecule has 2 rings (SSSR count). The molecule has 0 aliphatic carbocycles. The first-order chi connectivity index (χ1) is 10.5. The molecule has 0 aromatic heterocycles. The van der Waals surface area contributed by atoms with Crippen molar-refractivity contribution in [3.63, 3.8) is 0 Å². The van der Waals surface area contributed by atoms with Gasteiger partial charge in [0.25, 0.3) is 0 Å². The fraction of sp³-hybridized carbons (Fsp3) is 0.235. The number of rotatable bonds is 6. The van der Waals surface area contributed by atoms with E-state index in [0.717, 1.165) is 25.0 Å². The molecule has 0 heterocycles. The highest BCUT2D eigenvalue weighted by atomic mass is 16.5. The van der Waals surface area contributed by atoms with Crippen LogP contribution in [0.4, 0.5) is 0 Å². The molecule has 3 N–H and O–H groups in total. The molecule has 5 heteroatoms. The quantitative estimate of drug-likeness (QED) is 0.714. The van der Waals surface area contributed by atoms with E-state index < -0.39 is 17.3 Å². The zero-order valence-corrected chi connectivity index (χ0v) is 12.2. The summed E-state index contributed by atoms with van der Waals surface area (Å²) in [5, 5.41) is 28.5. The molecule has 0 amide bonds. The van der Waals surface area contributed by atoms with E-state index in [1.807, 2.05) is 12.1 Å². The van der Waals surface area contributed by atoms with E-state index in [2.05, 4.69) is 6.92 Å². The Labute approximate surface area is 128 Å². The number of benzene rings is 2. The number of carbonyl (C=O) groups excluding carboxylic acids is 1. The van der Waals surface area contributed by atoms with Gasteiger partial charge in [0.05, 0.1) is 0 Å². The first-order valence-electron chi connectivity index (χ1n) is 7.01. The van der Waals surface area contributed by atoms with Crippen LogP contribution in [0.1, 0.15) is 29.3 Å². The van der Waals surface area contributed by atoms with E-state index in [4.69, 9.17) is 4.74 Å². The Bertz CT molecular complexity index is 638. The highest BCUT2D eigenvalue weighted by Crippen LogP contribution is 2.32. The molecule has 0 bridgehead atoms. The van der Waals surface area contributed by atoms with Gasteiger partial charge in [-0.15, -0.1) is 0 Å². The number of hydrogen-bond acceptors (Lipinski definition) is 5. The van der Waals surface area contributed by atoms with Crippen molar-refractivity contribution >= 4 is 5.78 Å². The third kappa shape index (κ3) is 3.69. The number of Topliss-reactive ketones (excluding diaryl/α,β-unsaturated/α-hetero) is 1. The average Bonchev–Trinajstić information content (AvgIpc) is 2.46. The van der Waals surface area contributed by atoms with Gasteiger partial charge in [0, 0.05) is 12.1 Å². The van der Waals surface area contributed by atoms with Crippen LogP contribution in [-0.2, 0) is 6.42 Å². The van der Waals surface area contributed by atoms with Crippen LogP contribution in [0.3, 0.4) is 0 Å². The van der Waals surface area contributed by atoms with E-state index in [9.17, 15) is 20.1 Å². The van der Waals surface area contributed by atoms with Crippen molar-refractivity contribution < 1.29 is 24.9 Å². The summed E-state index contributed by atoms with van der Waals surface area (Å²) in [6.45, 7) is 1.78. The van der Waals surface area contributed by atoms with Crippen molar-refractivity contribution in [1.82, 2.24) is 0 Å². The van der Waals surface area contributed by atoms with Crippen molar-refractivity contribution in [3.8, 4) is 23.0 Å². The lowest BCUT2D eigenvalue weighted by molar-refractivity contribution is 0.0916. The van der Waals surface area contributed by atoms with E-state index in [1.54, 1.807) is 12.1 Å². The summed E-state index contributed by atoms with van der Waals surface area (Å²) >= 11 is 0. The first-order valence-corrected chi connectivity index (χ1v) is 7.01. The van der Waals surface area contributed by atoms with Gasteiger partial charge in [-0.25, -0.2) is 0 Å². The smallest absolute Gasteiger partial charge is 0.207 e. The Balaban J connectivity index is 2.04. The van der Waals surface area contributed by atoms with Gasteiger partial charge >= 0.3 is 0 Å². The van der Waals surface area contributed by atoms with Crippen molar-refractivity contribution in [1.29, 1.82) is 0 Å². The zero-order valence-electron chi connectivity index (χ0n) is 12.2. The Kier molecular flexibility index (Phi) is 4.88. The number of ketones is 1. The van der Waals surface area contributed by atoms with Gasteiger partial charge in [0.2, 0.25) is 5.78 Å². The van der Waals surface area contributed by atoms with Crippen molar-refractivity contribution in [2.45, 2.75) is 19.8 Å². The lowest BCUT2D eigenvalue weighted by Crippen LogP contribution is -2.12. The third-order valence-corrected chi connectivity index (χ3v) is 3.19. The monoisotopic (exact) mass is 302 g/mol. The Morgan fingerprint density at radius 3 is 2.18 bits per heavy atom. The SMILES string of the molecule is CCCc1ccc(OCC(=O)c2c(O)cc(O)cc2O)cc1. The number of carbonyl (C=O) groups is 1. The number of phenolic OH excluding ortho intramolecular Hbond substituents is 3. The number of phenols is 3. The van der Waals surface area contributed by atoms with Crippen LogP contribution in [0.2, 0.25) is 0 Å². The van der Waals surface area contributed by atoms with E-state index in [-0.39, 0.29) is 17.9 Å². The van der Waals surface area contributed by atoms with E-state index in [0.29, 0.717) is 5.75 Å². The maximum atomic E-state index is 12.0. The molecule has 0 saturated heterocycles. The highest BCUT2D eigenvalue weighted by Gasteiger charge is 2.18. The Morgan fingerprint density at radius 1 is 1.05 bits per heavy atom. The summed E-state index contributed by atoms with van der Waals surface area (Å²) in [4.78, 5) is 12.0. The van der Waals surface area contributed by atoms with Crippen molar-refractivity contribution in [2.24, 2.45) is 0 Å². The predicted molar refractivity (Wildman–Crippen MR) is 81.7 cm³/mol. The molecule has 0 radical (unpaired) electrons. The van der Waals surface area contributed by atoms with Gasteiger partial charge in [-0.2, -0.15) is 0 Å². The number of ether oxygens (including phenoxy) is 1. The van der Waals surface area contributed by atoms with Crippen LogP contribution in [0.5, 0.6) is 23.0 Å². The lowest BCUT2D eigenvalue weighted by Gasteiger charge is -2.09. The molecule has 0 atom stereocenters. The van der Waals surface area contributed by atoms with Crippen LogP contribution in [0, 0.1) is 0 Å². The van der Waals surface area contributed by atoms with Crippen LogP contribution in [0.15, 0.2) is 36.4 Å². The van der Waals surface area contributed by atoms with Crippen LogP contribution in [0.25, 0.3) is 0 Å². The van der Waals surface area contributed by atoms with Crippen LogP contribution in [-0.4, -0.2) is 27.7 Å². The summed E-state index contributed by atoms with van der Waals surface area (Å²) in [6.07, 6.45) is 2.03. The molecule has 2 aromatic carbocycles. The van der Waals surface area contributed by atoms with Crippen LogP contribution >= 0.6 is 0 Å². The summed E-state index contributed by atoms with van der Waals surface area (Å²) < 4.78 is 5.36. The van der Waals surface area contributed by atoms with Gasteiger partial charge < -0.3 is 20.1 Å². The summed E-state index contributed by atoms with van der Waals surface area (Å²) in [7, 11) is 0. The minimum atomic E-state index is -0.576. The molecule has 2 aromatic rings. The molecule has 0 unspecified atom stereocenters. The Morgan fingerprint density at radius 2 is 1.64 bits per heavy atom. The fourth-order valence-electron chi connectivity index (χ4n) is 2.15. The molecule has 0 spiro atoms. The number of aromatic hydroxyl groups is 3. The van der Waals surface area contributed by atoms with Crippen molar-refractivity contribution in [2.75, 3.05) is 6.61 Å². The summed E-state index contributed by atoms with van der Waals surface area (Å²) in [5.41, 5.74) is 0.926. The van der Waals surface area contributed by atoms with Crippen LogP contribution < -0.4 is 4.74 Å². The minimum absolute atomic E-state index is 0.264. The number of aryl methyl sites for hydroxylation is 1.